The van der Waals surface area contributed by atoms with Gasteiger partial charge in [-0.25, -0.2) is 4.57 Å². The van der Waals surface area contributed by atoms with Crippen LogP contribution in [0.5, 0.6) is 0 Å². The predicted octanol–water partition coefficient (Wildman–Crippen LogP) is 27.3. The Balaban J connectivity index is 3.74. The molecule has 2 unspecified atom stereocenters. The molecule has 3 N–H and O–H groups in total. The zero-order chi connectivity index (χ0) is 67.2. The molecule has 0 bridgehead atoms. The van der Waals surface area contributed by atoms with Crippen LogP contribution in [0.15, 0.2) is 60.8 Å². The molecule has 9 nitrogen and oxygen atoms in total. The lowest BCUT2D eigenvalue weighted by Crippen LogP contribution is -2.29. The number of phosphoric ester groups is 1. The fourth-order valence-electron chi connectivity index (χ4n) is 12.4. The summed E-state index contributed by atoms with van der Waals surface area (Å²) in [6.07, 6.45) is 104. The van der Waals surface area contributed by atoms with Gasteiger partial charge in [0.05, 0.1) is 13.2 Å². The number of esters is 2. The maximum Gasteiger partial charge on any atom is 0.472 e. The van der Waals surface area contributed by atoms with Gasteiger partial charge in [-0.05, 0) is 57.8 Å². The summed E-state index contributed by atoms with van der Waals surface area (Å²) in [4.78, 5) is 35.5. The summed E-state index contributed by atoms with van der Waals surface area (Å²) in [6, 6.07) is 0. The largest absolute Gasteiger partial charge is 0.472 e. The van der Waals surface area contributed by atoms with Crippen LogP contribution >= 0.6 is 7.82 Å². The number of carbonyl (C=O) groups excluding carboxylic acids is 2. The molecule has 0 spiro atoms. The summed E-state index contributed by atoms with van der Waals surface area (Å²) in [7, 11) is -4.40. The molecule has 0 amide bonds. The van der Waals surface area contributed by atoms with Crippen LogP contribution in [-0.2, 0) is 32.7 Å². The second kappa shape index (κ2) is 78.7. The molecule has 0 saturated carbocycles. The Labute approximate surface area is 578 Å². The highest BCUT2D eigenvalue weighted by atomic mass is 31.2. The molecule has 93 heavy (non-hydrogen) atoms. The van der Waals surface area contributed by atoms with Gasteiger partial charge in [-0.2, -0.15) is 0 Å². The van der Waals surface area contributed by atoms with Gasteiger partial charge in [0.2, 0.25) is 0 Å². The molecule has 0 heterocycles. The maximum atomic E-state index is 12.8. The summed E-state index contributed by atoms with van der Waals surface area (Å²) in [6.45, 7) is 3.71. The van der Waals surface area contributed by atoms with Gasteiger partial charge < -0.3 is 20.1 Å². The van der Waals surface area contributed by atoms with Crippen molar-refractivity contribution >= 4 is 19.8 Å². The Morgan fingerprint density at radius 2 is 0.591 bits per heavy atom. The molecule has 2 atom stereocenters. The number of nitrogens with two attached hydrogens (primary N) is 1. The smallest absolute Gasteiger partial charge is 0.462 e. The normalized spacial score (nSPS) is 13.1. The van der Waals surface area contributed by atoms with E-state index in [2.05, 4.69) is 74.6 Å². The maximum absolute atomic E-state index is 12.8. The molecule has 0 saturated heterocycles. The van der Waals surface area contributed by atoms with E-state index < -0.39 is 26.5 Å². The molecule has 10 heteroatoms. The highest BCUT2D eigenvalue weighted by Gasteiger charge is 2.26. The van der Waals surface area contributed by atoms with E-state index in [1.54, 1.807) is 0 Å². The zero-order valence-corrected chi connectivity index (χ0v) is 62.7. The van der Waals surface area contributed by atoms with E-state index in [1.807, 2.05) is 0 Å². The van der Waals surface area contributed by atoms with Crippen LogP contribution in [0.25, 0.3) is 0 Å². The molecule has 0 aliphatic carbocycles. The number of phosphoric acid groups is 1. The van der Waals surface area contributed by atoms with Crippen molar-refractivity contribution in [1.29, 1.82) is 0 Å². The van der Waals surface area contributed by atoms with Crippen LogP contribution in [0.1, 0.15) is 425 Å². The molecule has 546 valence electrons. The van der Waals surface area contributed by atoms with Crippen LogP contribution in [0, 0.1) is 0 Å². The number of rotatable bonds is 78. The van der Waals surface area contributed by atoms with Crippen molar-refractivity contribution in [3.63, 3.8) is 0 Å². The van der Waals surface area contributed by atoms with Gasteiger partial charge in [-0.15, -0.1) is 0 Å². The van der Waals surface area contributed by atoms with Crippen LogP contribution in [0.4, 0.5) is 0 Å². The molecular formula is C83H156NO8P. The van der Waals surface area contributed by atoms with E-state index in [1.165, 1.54) is 321 Å². The molecule has 0 aliphatic heterocycles. The van der Waals surface area contributed by atoms with Crippen molar-refractivity contribution < 1.29 is 37.6 Å². The Kier molecular flexibility index (Phi) is 76.8. The summed E-state index contributed by atoms with van der Waals surface area (Å²) < 4.78 is 33.3. The standard InChI is InChI=1S/C83H156NO8P/c1-3-5-7-9-11-13-15-17-19-21-23-25-27-29-31-33-35-37-38-39-40-41-42-44-45-47-49-51-53-55-57-59-61-63-65-67-69-71-73-75-82(85)89-79-81(80-91-93(87,88)90-78-77-84)92-83(86)76-74-72-70-68-66-64-62-60-58-56-54-52-50-48-46-43-36-34-32-30-28-26-24-22-20-18-16-14-12-10-8-6-4-2/h6,8,12,14,18,20,24,26,30,32,81H,3-5,7,9-11,13,15-17,19,21-23,25,27-29,31,33-80,84H2,1-2H3,(H,87,88)/b8-6-,14-12-,20-18-,26-24-,32-30-. The minimum atomic E-state index is -4.40. The number of hydrogen-bond donors (Lipinski definition) is 2. The predicted molar refractivity (Wildman–Crippen MR) is 404 cm³/mol. The van der Waals surface area contributed by atoms with E-state index in [0.717, 1.165) is 70.6 Å². The van der Waals surface area contributed by atoms with E-state index in [4.69, 9.17) is 24.3 Å². The van der Waals surface area contributed by atoms with E-state index in [9.17, 15) is 19.0 Å². The summed E-state index contributed by atoms with van der Waals surface area (Å²) in [5, 5.41) is 0. The van der Waals surface area contributed by atoms with Crippen molar-refractivity contribution in [2.45, 2.75) is 431 Å². The topological polar surface area (TPSA) is 134 Å². The van der Waals surface area contributed by atoms with Crippen molar-refractivity contribution in [1.82, 2.24) is 0 Å². The highest BCUT2D eigenvalue weighted by Crippen LogP contribution is 2.43. The minimum Gasteiger partial charge on any atom is -0.462 e. The number of ether oxygens (including phenoxy) is 2. The first-order chi connectivity index (χ1) is 45.8. The first kappa shape index (κ1) is 90.7. The highest BCUT2D eigenvalue weighted by molar-refractivity contribution is 7.47. The fourth-order valence-corrected chi connectivity index (χ4v) is 13.2. The van der Waals surface area contributed by atoms with Crippen LogP contribution in [0.2, 0.25) is 0 Å². The third kappa shape index (κ3) is 78.6. The summed E-state index contributed by atoms with van der Waals surface area (Å²) in [5.41, 5.74) is 5.42. The SMILES string of the molecule is CC/C=C\C/C=C\C/C=C\C/C=C\C/C=C\CCCCCCCCCCCCCCCCCCCC(=O)OC(COC(=O)CCCCCCCCCCCCCCCCCCCCCCCCCCCCCCCCCCCCCCCCC)COP(=O)(O)OCCN. The molecule has 0 radical (unpaired) electrons. The lowest BCUT2D eigenvalue weighted by molar-refractivity contribution is -0.161. The van der Waals surface area contributed by atoms with Gasteiger partial charge >= 0.3 is 19.8 Å². The third-order valence-corrected chi connectivity index (χ3v) is 19.4. The molecule has 0 aliphatic rings. The number of unbranched alkanes of at least 4 members (excludes halogenated alkanes) is 55. The van der Waals surface area contributed by atoms with E-state index in [0.29, 0.717) is 6.42 Å². The van der Waals surface area contributed by atoms with Crippen LogP contribution in [0.3, 0.4) is 0 Å². The van der Waals surface area contributed by atoms with Gasteiger partial charge in [0, 0.05) is 19.4 Å². The Hall–Kier alpha value is -2.29. The molecule has 0 aromatic heterocycles. The number of hydrogen-bond acceptors (Lipinski definition) is 8. The number of carbonyl (C=O) groups is 2. The average Bonchev–Trinajstić information content (AvgIpc) is 3.32. The molecule has 0 aromatic rings. The van der Waals surface area contributed by atoms with Crippen molar-refractivity contribution in [2.75, 3.05) is 26.4 Å². The average molecular weight is 1330 g/mol. The fraction of sp³-hybridized carbons (Fsp3) is 0.855. The summed E-state index contributed by atoms with van der Waals surface area (Å²) in [5.74, 6) is -0.805. The lowest BCUT2D eigenvalue weighted by Gasteiger charge is -2.19. The van der Waals surface area contributed by atoms with Crippen molar-refractivity contribution in [3.8, 4) is 0 Å². The van der Waals surface area contributed by atoms with Gasteiger partial charge in [0.25, 0.3) is 0 Å². The zero-order valence-electron chi connectivity index (χ0n) is 61.8. The first-order valence-corrected chi connectivity index (χ1v) is 42.3. The Bertz CT molecular complexity index is 1710. The van der Waals surface area contributed by atoms with Gasteiger partial charge in [0.15, 0.2) is 6.10 Å². The quantitative estimate of drug-likeness (QED) is 0.0264. The van der Waals surface area contributed by atoms with Crippen molar-refractivity contribution in [3.05, 3.63) is 60.8 Å². The van der Waals surface area contributed by atoms with Crippen LogP contribution in [-0.4, -0.2) is 49.3 Å². The van der Waals surface area contributed by atoms with Gasteiger partial charge in [0.1, 0.15) is 6.61 Å². The van der Waals surface area contributed by atoms with Crippen LogP contribution < -0.4 is 5.73 Å². The first-order valence-electron chi connectivity index (χ1n) is 40.8. The monoisotopic (exact) mass is 1330 g/mol. The molecule has 0 fully saturated rings. The lowest BCUT2D eigenvalue weighted by atomic mass is 10.0. The summed E-state index contributed by atoms with van der Waals surface area (Å²) >= 11 is 0. The van der Waals surface area contributed by atoms with Gasteiger partial charge in [-0.1, -0.05) is 415 Å². The Morgan fingerprint density at radius 1 is 0.333 bits per heavy atom. The van der Waals surface area contributed by atoms with E-state index >= 15 is 0 Å². The number of allylic oxidation sites excluding steroid dienone is 10. The molecule has 0 rings (SSSR count). The van der Waals surface area contributed by atoms with E-state index in [-0.39, 0.29) is 38.6 Å². The molecule has 0 aromatic carbocycles. The Morgan fingerprint density at radius 3 is 0.882 bits per heavy atom. The second-order valence-electron chi connectivity index (χ2n) is 27.6. The van der Waals surface area contributed by atoms with Gasteiger partial charge in [-0.3, -0.25) is 18.6 Å². The molecular weight excluding hydrogens is 1170 g/mol. The third-order valence-electron chi connectivity index (χ3n) is 18.4. The second-order valence-corrected chi connectivity index (χ2v) is 29.1. The minimum absolute atomic E-state index is 0.0549. The van der Waals surface area contributed by atoms with Crippen molar-refractivity contribution in [2.24, 2.45) is 5.73 Å².